The summed E-state index contributed by atoms with van der Waals surface area (Å²) in [5, 5.41) is 23.6. The minimum absolute atomic E-state index is 0.0158. The zero-order valence-electron chi connectivity index (χ0n) is 21.8. The van der Waals surface area contributed by atoms with E-state index in [1.807, 2.05) is 13.8 Å². The van der Waals surface area contributed by atoms with Crippen LogP contribution in [0, 0.1) is 34.5 Å². The Morgan fingerprint density at radius 2 is 1.73 bits per heavy atom. The minimum atomic E-state index is -1.10. The number of epoxide rings is 1. The molecule has 3 heterocycles. The van der Waals surface area contributed by atoms with Crippen molar-refractivity contribution in [1.82, 2.24) is 0 Å². The number of aliphatic hydroxyl groups is 2. The van der Waals surface area contributed by atoms with Crippen molar-refractivity contribution in [3.05, 3.63) is 35.5 Å². The van der Waals surface area contributed by atoms with Crippen LogP contribution < -0.4 is 0 Å². The summed E-state index contributed by atoms with van der Waals surface area (Å²) in [7, 11) is 0. The molecule has 0 aromatic rings. The maximum Gasteiger partial charge on any atom is 0.334 e. The number of carbonyl (C=O) groups excluding carboxylic acids is 2. The zero-order chi connectivity index (χ0) is 26.1. The molecule has 0 radical (unpaired) electrons. The molecule has 37 heavy (non-hydrogen) atoms. The molecule has 1 spiro atoms. The minimum Gasteiger partial charge on any atom is -0.461 e. The molecule has 0 unspecified atom stereocenters. The summed E-state index contributed by atoms with van der Waals surface area (Å²) in [5.74, 6) is -1.22. The summed E-state index contributed by atoms with van der Waals surface area (Å²) in [5.41, 5.74) is -0.870. The molecule has 8 rings (SSSR count). The van der Waals surface area contributed by atoms with E-state index in [4.69, 9.17) is 14.2 Å². The lowest BCUT2D eigenvalue weighted by Gasteiger charge is -2.48. The number of rotatable bonds is 0. The van der Waals surface area contributed by atoms with Gasteiger partial charge in [0.25, 0.3) is 0 Å². The lowest BCUT2D eigenvalue weighted by molar-refractivity contribution is -0.157. The Hall–Kier alpha value is -1.96. The van der Waals surface area contributed by atoms with E-state index < -0.39 is 39.8 Å². The molecule has 3 saturated heterocycles. The van der Waals surface area contributed by atoms with Gasteiger partial charge in [-0.1, -0.05) is 20.1 Å². The molecule has 8 aliphatic rings. The largest absolute Gasteiger partial charge is 0.461 e. The van der Waals surface area contributed by atoms with Crippen LogP contribution in [0.5, 0.6) is 0 Å². The van der Waals surface area contributed by atoms with E-state index in [0.29, 0.717) is 44.1 Å². The predicted octanol–water partition coefficient (Wildman–Crippen LogP) is 3.14. The predicted molar refractivity (Wildman–Crippen MR) is 131 cm³/mol. The second-order valence-electron chi connectivity index (χ2n) is 14.0. The second kappa shape index (κ2) is 6.26. The molecule has 2 bridgehead atoms. The highest BCUT2D eigenvalue weighted by atomic mass is 16.6. The van der Waals surface area contributed by atoms with E-state index in [9.17, 15) is 19.8 Å². The van der Waals surface area contributed by atoms with E-state index >= 15 is 0 Å². The fourth-order valence-electron chi connectivity index (χ4n) is 10.9. The number of hydrogen-bond donors (Lipinski definition) is 2. The van der Waals surface area contributed by atoms with Gasteiger partial charge in [0, 0.05) is 29.2 Å². The third-order valence-electron chi connectivity index (χ3n) is 12.6. The van der Waals surface area contributed by atoms with Crippen LogP contribution in [-0.4, -0.2) is 57.3 Å². The molecule has 0 aromatic heterocycles. The number of hydrogen-bond acceptors (Lipinski definition) is 7. The van der Waals surface area contributed by atoms with Gasteiger partial charge < -0.3 is 24.4 Å². The summed E-state index contributed by atoms with van der Waals surface area (Å²) in [6.45, 7) is 14.4. The third kappa shape index (κ3) is 2.27. The number of carbonyl (C=O) groups is 2. The zero-order valence-corrected chi connectivity index (χ0v) is 21.8. The Bertz CT molecular complexity index is 1260. The van der Waals surface area contributed by atoms with E-state index in [1.54, 1.807) is 0 Å². The van der Waals surface area contributed by atoms with Gasteiger partial charge in [0.1, 0.15) is 17.8 Å². The monoisotopic (exact) mass is 508 g/mol. The number of ether oxygens (including phenoxy) is 3. The van der Waals surface area contributed by atoms with Crippen LogP contribution in [0.2, 0.25) is 0 Å². The average Bonchev–Trinajstić information content (AvgIpc) is 3.06. The second-order valence-corrected chi connectivity index (χ2v) is 14.0. The van der Waals surface area contributed by atoms with Gasteiger partial charge in [-0.05, 0) is 75.0 Å². The highest BCUT2D eigenvalue weighted by molar-refractivity contribution is 5.92. The highest BCUT2D eigenvalue weighted by Gasteiger charge is 2.82. The summed E-state index contributed by atoms with van der Waals surface area (Å²) < 4.78 is 18.4. The number of esters is 2. The van der Waals surface area contributed by atoms with Crippen LogP contribution >= 0.6 is 0 Å². The van der Waals surface area contributed by atoms with Crippen LogP contribution in [-0.2, 0) is 23.8 Å². The van der Waals surface area contributed by atoms with Gasteiger partial charge in [0.2, 0.25) is 0 Å². The van der Waals surface area contributed by atoms with Gasteiger partial charge in [-0.25, -0.2) is 4.79 Å². The van der Waals surface area contributed by atoms with Gasteiger partial charge in [-0.2, -0.15) is 0 Å². The maximum absolute atomic E-state index is 14.2. The molecule has 0 amide bonds. The van der Waals surface area contributed by atoms with E-state index in [1.165, 1.54) is 0 Å². The van der Waals surface area contributed by atoms with Crippen molar-refractivity contribution in [2.45, 2.75) is 101 Å². The summed E-state index contributed by atoms with van der Waals surface area (Å²) >= 11 is 0. The van der Waals surface area contributed by atoms with E-state index in [-0.39, 0.29) is 41.7 Å². The molecule has 3 saturated carbocycles. The summed E-state index contributed by atoms with van der Waals surface area (Å²) in [6, 6.07) is 0. The van der Waals surface area contributed by atoms with Crippen molar-refractivity contribution in [2.24, 2.45) is 34.5 Å². The fraction of sp³-hybridized carbons (Fsp3) is 0.733. The average molecular weight is 509 g/mol. The van der Waals surface area contributed by atoms with Crippen molar-refractivity contribution in [3.8, 4) is 0 Å². The van der Waals surface area contributed by atoms with Gasteiger partial charge >= 0.3 is 11.9 Å². The number of fused-ring (bicyclic) bond motifs is 13. The molecule has 6 fully saturated rings. The first-order valence-electron chi connectivity index (χ1n) is 14.0. The lowest BCUT2D eigenvalue weighted by atomic mass is 9.52. The molecular weight excluding hydrogens is 472 g/mol. The normalized spacial score (nSPS) is 58.9. The Morgan fingerprint density at radius 3 is 2.49 bits per heavy atom. The van der Waals surface area contributed by atoms with Crippen molar-refractivity contribution in [1.29, 1.82) is 0 Å². The van der Waals surface area contributed by atoms with Crippen LogP contribution in [0.3, 0.4) is 0 Å². The van der Waals surface area contributed by atoms with Crippen molar-refractivity contribution in [2.75, 3.05) is 0 Å². The smallest absolute Gasteiger partial charge is 0.334 e. The molecular formula is C30H36O7. The molecule has 7 heteroatoms. The molecule has 2 N–H and O–H groups in total. The third-order valence-corrected chi connectivity index (χ3v) is 12.6. The van der Waals surface area contributed by atoms with Gasteiger partial charge in [0.05, 0.1) is 28.6 Å². The Labute approximate surface area is 216 Å². The van der Waals surface area contributed by atoms with Crippen molar-refractivity contribution in [3.63, 3.8) is 0 Å². The Morgan fingerprint density at radius 1 is 0.973 bits per heavy atom. The molecule has 198 valence electrons. The first kappa shape index (κ1) is 23.0. The van der Waals surface area contributed by atoms with Crippen molar-refractivity contribution < 1.29 is 34.0 Å². The molecule has 3 aliphatic heterocycles. The Kier molecular flexibility index (Phi) is 3.89. The van der Waals surface area contributed by atoms with E-state index in [0.717, 1.165) is 23.1 Å². The van der Waals surface area contributed by atoms with Crippen molar-refractivity contribution >= 4 is 11.9 Å². The van der Waals surface area contributed by atoms with Crippen LogP contribution in [0.25, 0.3) is 0 Å². The molecule has 0 aromatic carbocycles. The Balaban J connectivity index is 1.30. The fourth-order valence-corrected chi connectivity index (χ4v) is 10.9. The summed E-state index contributed by atoms with van der Waals surface area (Å²) in [4.78, 5) is 26.9. The summed E-state index contributed by atoms with van der Waals surface area (Å²) in [6.07, 6.45) is 3.33. The SMILES string of the molecule is C=C1C(=O)O[C@@H]2C3=C([C@H]4C[C@@]3(C)[C@]3(C4)C(=O)O[C@H]4[C@H]3CCC(=C)[C@@]3(O)C[C@H]5O[C@@]5(C)[C@H]43)[C@@](C)(O)CC[C@@H]12. The lowest BCUT2D eigenvalue weighted by Crippen LogP contribution is -2.52. The van der Waals surface area contributed by atoms with Crippen LogP contribution in [0.1, 0.15) is 65.7 Å². The first-order chi connectivity index (χ1) is 17.3. The van der Waals surface area contributed by atoms with Gasteiger partial charge in [-0.15, -0.1) is 0 Å². The van der Waals surface area contributed by atoms with E-state index in [2.05, 4.69) is 20.1 Å². The first-order valence-corrected chi connectivity index (χ1v) is 14.0. The topological polar surface area (TPSA) is 106 Å². The standard InChI is InChI=1S/C30H36O7/c1-13-6-7-17-22(23-28(5)18(37-28)12-30(13,23)34)36-25(32)29(17)11-15-10-26(29,3)20-19(15)27(4,33)9-8-16-14(2)24(31)35-21(16)20/h15-18,21-23,33-34H,1-2,6-12H2,3-5H3/t15-,16-,17+,18+,21-,22-,23-,26+,27-,28+,29-,30-/m0/s1. The van der Waals surface area contributed by atoms with Gasteiger partial charge in [0.15, 0.2) is 0 Å². The molecule has 7 nitrogen and oxygen atoms in total. The quantitative estimate of drug-likeness (QED) is 0.224. The van der Waals surface area contributed by atoms with Crippen LogP contribution in [0.4, 0.5) is 0 Å². The molecule has 12 atom stereocenters. The maximum atomic E-state index is 14.2. The molecule has 5 aliphatic carbocycles. The highest BCUT2D eigenvalue weighted by Crippen LogP contribution is 2.77. The van der Waals surface area contributed by atoms with Gasteiger partial charge in [-0.3, -0.25) is 4.79 Å². The van der Waals surface area contributed by atoms with Crippen LogP contribution in [0.15, 0.2) is 35.5 Å².